The van der Waals surface area contributed by atoms with E-state index in [4.69, 9.17) is 10.2 Å². The first-order valence-corrected chi connectivity index (χ1v) is 9.95. The Kier molecular flexibility index (Phi) is 4.37. The molecule has 2 aromatic heterocycles. The summed E-state index contributed by atoms with van der Waals surface area (Å²) in [5.74, 6) is 0.650. The van der Waals surface area contributed by atoms with Crippen LogP contribution in [0.25, 0.3) is 33.7 Å². The predicted octanol–water partition coefficient (Wildman–Crippen LogP) is 3.39. The minimum atomic E-state index is -3.54. The van der Waals surface area contributed by atoms with Crippen LogP contribution in [0.2, 0.25) is 0 Å². The van der Waals surface area contributed by atoms with Crippen LogP contribution in [-0.2, 0) is 10.0 Å². The number of nitrogens with zero attached hydrogens (tertiary/aromatic N) is 3. The number of pyridine rings is 1. The maximum absolute atomic E-state index is 12.4. The zero-order chi connectivity index (χ0) is 19.9. The van der Waals surface area contributed by atoms with Gasteiger partial charge in [0.25, 0.3) is 0 Å². The highest BCUT2D eigenvalue weighted by Crippen LogP contribution is 2.32. The molecule has 0 spiro atoms. The van der Waals surface area contributed by atoms with Gasteiger partial charge in [0.05, 0.1) is 10.5 Å². The van der Waals surface area contributed by atoms with Crippen LogP contribution in [0, 0.1) is 0 Å². The molecular weight excluding hydrogens is 376 g/mol. The molecule has 2 N–H and O–H groups in total. The first-order chi connectivity index (χ1) is 13.4. The molecule has 0 aliphatic heterocycles. The molecule has 8 heteroatoms. The number of fused-ring (bicyclic) bond motifs is 1. The Bertz CT molecular complexity index is 1250. The summed E-state index contributed by atoms with van der Waals surface area (Å²) in [7, 11) is -0.542. The van der Waals surface area contributed by atoms with Gasteiger partial charge in [0.15, 0.2) is 5.58 Å². The van der Waals surface area contributed by atoms with Crippen molar-refractivity contribution in [3.8, 4) is 22.6 Å². The summed E-state index contributed by atoms with van der Waals surface area (Å²) < 4.78 is 31.8. The van der Waals surface area contributed by atoms with Crippen molar-refractivity contribution in [2.24, 2.45) is 0 Å². The SMILES string of the molecule is CN(C)S(=O)(=O)c1cccc(-c2cnc(N)c(-c3nc4ccccc4o3)c2)c1. The Hall–Kier alpha value is -3.23. The van der Waals surface area contributed by atoms with E-state index in [0.29, 0.717) is 28.2 Å². The number of nitrogen functional groups attached to an aromatic ring is 1. The second-order valence-electron chi connectivity index (χ2n) is 6.46. The quantitative estimate of drug-likeness (QED) is 0.569. The molecule has 0 radical (unpaired) electrons. The second-order valence-corrected chi connectivity index (χ2v) is 8.61. The average Bonchev–Trinajstić information content (AvgIpc) is 3.12. The highest BCUT2D eigenvalue weighted by Gasteiger charge is 2.18. The van der Waals surface area contributed by atoms with Crippen molar-refractivity contribution in [1.82, 2.24) is 14.3 Å². The van der Waals surface area contributed by atoms with Crippen LogP contribution in [-0.4, -0.2) is 36.8 Å². The fourth-order valence-electron chi connectivity index (χ4n) is 2.84. The zero-order valence-corrected chi connectivity index (χ0v) is 16.1. The summed E-state index contributed by atoms with van der Waals surface area (Å²) >= 11 is 0. The molecule has 0 saturated heterocycles. The molecule has 0 amide bonds. The molecule has 0 fully saturated rings. The molecule has 4 aromatic rings. The number of rotatable bonds is 4. The van der Waals surface area contributed by atoms with Crippen molar-refractivity contribution in [3.05, 3.63) is 60.8 Å². The van der Waals surface area contributed by atoms with Gasteiger partial charge in [-0.05, 0) is 35.9 Å². The van der Waals surface area contributed by atoms with E-state index in [2.05, 4.69) is 9.97 Å². The van der Waals surface area contributed by atoms with E-state index in [1.54, 1.807) is 30.5 Å². The molecule has 0 saturated carbocycles. The van der Waals surface area contributed by atoms with Crippen LogP contribution < -0.4 is 5.73 Å². The number of para-hydroxylation sites is 2. The molecular formula is C20H18N4O3S. The molecule has 2 heterocycles. The van der Waals surface area contributed by atoms with Gasteiger partial charge in [0.2, 0.25) is 15.9 Å². The maximum atomic E-state index is 12.4. The molecule has 0 bridgehead atoms. The molecule has 0 unspecified atom stereocenters. The smallest absolute Gasteiger partial charge is 0.242 e. The minimum absolute atomic E-state index is 0.204. The minimum Gasteiger partial charge on any atom is -0.436 e. The summed E-state index contributed by atoms with van der Waals surface area (Å²) in [6.45, 7) is 0. The van der Waals surface area contributed by atoms with Crippen LogP contribution >= 0.6 is 0 Å². The van der Waals surface area contributed by atoms with E-state index >= 15 is 0 Å². The standard InChI is InChI=1S/C20H18N4O3S/c1-24(2)28(25,26)15-7-5-6-13(10-15)14-11-16(19(21)22-12-14)20-23-17-8-3-4-9-18(17)27-20/h3-12H,1-2H3,(H2,21,22). The number of benzene rings is 2. The van der Waals surface area contributed by atoms with Gasteiger partial charge in [-0.3, -0.25) is 0 Å². The Morgan fingerprint density at radius 2 is 1.79 bits per heavy atom. The van der Waals surface area contributed by atoms with E-state index in [1.165, 1.54) is 18.4 Å². The van der Waals surface area contributed by atoms with Crippen LogP contribution in [0.15, 0.2) is 70.1 Å². The third-order valence-corrected chi connectivity index (χ3v) is 6.20. The van der Waals surface area contributed by atoms with Gasteiger partial charge in [0.1, 0.15) is 11.3 Å². The number of oxazole rings is 1. The normalized spacial score (nSPS) is 12.0. The molecule has 0 atom stereocenters. The maximum Gasteiger partial charge on any atom is 0.242 e. The molecule has 4 rings (SSSR count). The van der Waals surface area contributed by atoms with Crippen LogP contribution in [0.1, 0.15) is 0 Å². The number of hydrogen-bond donors (Lipinski definition) is 1. The van der Waals surface area contributed by atoms with Gasteiger partial charge in [0, 0.05) is 25.9 Å². The fraction of sp³-hybridized carbons (Fsp3) is 0.100. The zero-order valence-electron chi connectivity index (χ0n) is 15.3. The van der Waals surface area contributed by atoms with E-state index < -0.39 is 10.0 Å². The topological polar surface area (TPSA) is 102 Å². The van der Waals surface area contributed by atoms with Crippen molar-refractivity contribution in [2.75, 3.05) is 19.8 Å². The summed E-state index contributed by atoms with van der Waals surface area (Å²) in [5.41, 5.74) is 9.39. The largest absolute Gasteiger partial charge is 0.436 e. The highest BCUT2D eigenvalue weighted by molar-refractivity contribution is 7.89. The van der Waals surface area contributed by atoms with Crippen LogP contribution in [0.5, 0.6) is 0 Å². The number of nitrogens with two attached hydrogens (primary N) is 1. The lowest BCUT2D eigenvalue weighted by molar-refractivity contribution is 0.521. The van der Waals surface area contributed by atoms with Crippen LogP contribution in [0.3, 0.4) is 0 Å². The van der Waals surface area contributed by atoms with E-state index in [9.17, 15) is 8.42 Å². The van der Waals surface area contributed by atoms with Gasteiger partial charge < -0.3 is 10.2 Å². The number of anilines is 1. The van der Waals surface area contributed by atoms with Crippen molar-refractivity contribution in [2.45, 2.75) is 4.90 Å². The Morgan fingerprint density at radius 1 is 1.00 bits per heavy atom. The summed E-state index contributed by atoms with van der Waals surface area (Å²) in [6, 6.07) is 15.9. The third kappa shape index (κ3) is 3.12. The highest BCUT2D eigenvalue weighted by atomic mass is 32.2. The van der Waals surface area contributed by atoms with Gasteiger partial charge >= 0.3 is 0 Å². The van der Waals surface area contributed by atoms with E-state index in [0.717, 1.165) is 5.52 Å². The average molecular weight is 394 g/mol. The lowest BCUT2D eigenvalue weighted by Gasteiger charge is -2.12. The molecule has 0 aliphatic rings. The van der Waals surface area contributed by atoms with Crippen LogP contribution in [0.4, 0.5) is 5.82 Å². The lowest BCUT2D eigenvalue weighted by atomic mass is 10.1. The molecule has 7 nitrogen and oxygen atoms in total. The first kappa shape index (κ1) is 18.1. The molecule has 2 aromatic carbocycles. The second kappa shape index (κ2) is 6.74. The Balaban J connectivity index is 1.82. The predicted molar refractivity (Wildman–Crippen MR) is 108 cm³/mol. The fourth-order valence-corrected chi connectivity index (χ4v) is 3.79. The van der Waals surface area contributed by atoms with Crippen molar-refractivity contribution < 1.29 is 12.8 Å². The number of hydrogen-bond acceptors (Lipinski definition) is 6. The third-order valence-electron chi connectivity index (χ3n) is 4.39. The van der Waals surface area contributed by atoms with Gasteiger partial charge in [-0.1, -0.05) is 24.3 Å². The Morgan fingerprint density at radius 3 is 2.54 bits per heavy atom. The van der Waals surface area contributed by atoms with E-state index in [1.807, 2.05) is 30.3 Å². The lowest BCUT2D eigenvalue weighted by Crippen LogP contribution is -2.22. The number of aromatic nitrogens is 2. The van der Waals surface area contributed by atoms with Gasteiger partial charge in [-0.2, -0.15) is 0 Å². The molecule has 142 valence electrons. The van der Waals surface area contributed by atoms with E-state index in [-0.39, 0.29) is 10.7 Å². The summed E-state index contributed by atoms with van der Waals surface area (Å²) in [5, 5.41) is 0. The van der Waals surface area contributed by atoms with Crippen molar-refractivity contribution in [1.29, 1.82) is 0 Å². The Labute approximate surface area is 162 Å². The summed E-state index contributed by atoms with van der Waals surface area (Å²) in [6.07, 6.45) is 1.60. The van der Waals surface area contributed by atoms with Gasteiger partial charge in [-0.25, -0.2) is 22.7 Å². The monoisotopic (exact) mass is 394 g/mol. The first-order valence-electron chi connectivity index (χ1n) is 8.51. The molecule has 28 heavy (non-hydrogen) atoms. The van der Waals surface area contributed by atoms with Gasteiger partial charge in [-0.15, -0.1) is 0 Å². The van der Waals surface area contributed by atoms with Crippen molar-refractivity contribution in [3.63, 3.8) is 0 Å². The number of sulfonamides is 1. The molecule has 0 aliphatic carbocycles. The summed E-state index contributed by atoms with van der Waals surface area (Å²) in [4.78, 5) is 8.92. The van der Waals surface area contributed by atoms with Crippen molar-refractivity contribution >= 4 is 26.9 Å².